The smallest absolute Gasteiger partial charge is 0.242 e. The van der Waals surface area contributed by atoms with Crippen LogP contribution in [0.5, 0.6) is 0 Å². The summed E-state index contributed by atoms with van der Waals surface area (Å²) in [6, 6.07) is 14.8. The van der Waals surface area contributed by atoms with Gasteiger partial charge in [-0.2, -0.15) is 5.26 Å². The maximum atomic E-state index is 13.6. The van der Waals surface area contributed by atoms with E-state index in [2.05, 4.69) is 66.5 Å². The summed E-state index contributed by atoms with van der Waals surface area (Å²) >= 11 is 1.25. The maximum absolute atomic E-state index is 13.6. The molecule has 0 atom stereocenters. The fraction of sp³-hybridized carbons (Fsp3) is 0.429. The van der Waals surface area contributed by atoms with E-state index in [0.717, 1.165) is 49.4 Å². The predicted octanol–water partition coefficient (Wildman–Crippen LogP) is 4.09. The number of hydrogen-bond donors (Lipinski definition) is 1. The van der Waals surface area contributed by atoms with Gasteiger partial charge in [-0.25, -0.2) is 4.39 Å². The monoisotopic (exact) mass is 661 g/mol. The van der Waals surface area contributed by atoms with Gasteiger partial charge in [-0.15, -0.1) is 0 Å². The molecular weight excluding hydrogens is 617 g/mol. The van der Waals surface area contributed by atoms with Gasteiger partial charge in [0, 0.05) is 75.4 Å². The Hall–Kier alpha value is -4.18. The highest BCUT2D eigenvalue weighted by atomic mass is 32.2. The minimum absolute atomic E-state index is 0.169. The highest BCUT2D eigenvalue weighted by Crippen LogP contribution is 2.33. The SMILES string of the molecule is C=N/C(=C(/C#N)SCN(C)/C(=C/N(C=O)CC(=O)N1CC(O)C1)c1cc(N2CCN(C(C)C)CC2)ccc1CC)c1ccc(F)cc1. The van der Waals surface area contributed by atoms with Gasteiger partial charge < -0.3 is 24.7 Å². The average Bonchev–Trinajstić information content (AvgIpc) is 3.07. The van der Waals surface area contributed by atoms with Gasteiger partial charge in [-0.05, 0) is 68.9 Å². The summed E-state index contributed by atoms with van der Waals surface area (Å²) in [5.41, 5.74) is 4.68. The van der Waals surface area contributed by atoms with E-state index in [-0.39, 0.29) is 25.5 Å². The average molecular weight is 662 g/mol. The summed E-state index contributed by atoms with van der Waals surface area (Å²) < 4.78 is 13.6. The Bertz CT molecular complexity index is 1520. The number of halogens is 1. The number of nitriles is 1. The van der Waals surface area contributed by atoms with Gasteiger partial charge in [0.15, 0.2) is 0 Å². The van der Waals surface area contributed by atoms with Crippen molar-refractivity contribution in [3.8, 4) is 6.07 Å². The van der Waals surface area contributed by atoms with Crippen LogP contribution in [-0.4, -0.2) is 115 Å². The minimum atomic E-state index is -0.539. The molecule has 47 heavy (non-hydrogen) atoms. The number of thioether (sulfide) groups is 1. The van der Waals surface area contributed by atoms with Gasteiger partial charge in [0.2, 0.25) is 12.3 Å². The van der Waals surface area contributed by atoms with Crippen LogP contribution < -0.4 is 4.90 Å². The van der Waals surface area contributed by atoms with Crippen molar-refractivity contribution >= 4 is 47.9 Å². The fourth-order valence-electron chi connectivity index (χ4n) is 5.65. The molecule has 2 aliphatic rings. The zero-order chi connectivity index (χ0) is 34.1. The van der Waals surface area contributed by atoms with Gasteiger partial charge >= 0.3 is 0 Å². The molecule has 0 unspecified atom stereocenters. The number of likely N-dealkylation sites (tertiary alicyclic amines) is 1. The zero-order valence-electron chi connectivity index (χ0n) is 27.6. The minimum Gasteiger partial charge on any atom is -0.389 e. The number of carbonyl (C=O) groups excluding carboxylic acids is 2. The summed E-state index contributed by atoms with van der Waals surface area (Å²) in [6.45, 7) is 14.2. The van der Waals surface area contributed by atoms with Gasteiger partial charge in [0.1, 0.15) is 23.3 Å². The summed E-state index contributed by atoms with van der Waals surface area (Å²) in [5, 5.41) is 19.7. The molecule has 0 saturated carbocycles. The van der Waals surface area contributed by atoms with Crippen LogP contribution in [-0.2, 0) is 16.0 Å². The van der Waals surface area contributed by atoms with Crippen molar-refractivity contribution in [1.29, 1.82) is 5.26 Å². The Morgan fingerprint density at radius 1 is 1.19 bits per heavy atom. The predicted molar refractivity (Wildman–Crippen MR) is 187 cm³/mol. The number of nitrogens with zero attached hydrogens (tertiary/aromatic N) is 7. The number of aliphatic imine (C=N–C) groups is 1. The molecule has 0 aromatic heterocycles. The molecule has 250 valence electrons. The molecule has 0 bridgehead atoms. The van der Waals surface area contributed by atoms with E-state index in [0.29, 0.717) is 40.2 Å². The van der Waals surface area contributed by atoms with Crippen LogP contribution in [0.15, 0.2) is 58.6 Å². The Kier molecular flexibility index (Phi) is 12.6. The van der Waals surface area contributed by atoms with Crippen molar-refractivity contribution in [3.63, 3.8) is 0 Å². The summed E-state index contributed by atoms with van der Waals surface area (Å²) in [4.78, 5) is 39.2. The Labute approximate surface area is 281 Å². The van der Waals surface area contributed by atoms with E-state index in [4.69, 9.17) is 0 Å². The molecule has 2 saturated heterocycles. The van der Waals surface area contributed by atoms with Crippen molar-refractivity contribution < 1.29 is 19.1 Å². The number of anilines is 1. The molecule has 1 N–H and O–H groups in total. The molecule has 0 radical (unpaired) electrons. The first-order valence-electron chi connectivity index (χ1n) is 15.8. The van der Waals surface area contributed by atoms with Crippen LogP contribution in [0.1, 0.15) is 37.5 Å². The fourth-order valence-corrected chi connectivity index (χ4v) is 6.50. The van der Waals surface area contributed by atoms with E-state index in [9.17, 15) is 24.3 Å². The maximum Gasteiger partial charge on any atom is 0.242 e. The van der Waals surface area contributed by atoms with Gasteiger partial charge in [-0.3, -0.25) is 19.5 Å². The molecule has 2 amide bonds. The molecular formula is C35H44FN7O3S. The Morgan fingerprint density at radius 2 is 1.87 bits per heavy atom. The number of benzene rings is 2. The Morgan fingerprint density at radius 3 is 2.43 bits per heavy atom. The third-order valence-corrected chi connectivity index (χ3v) is 9.61. The van der Waals surface area contributed by atoms with Crippen LogP contribution in [0.4, 0.5) is 10.1 Å². The van der Waals surface area contributed by atoms with Crippen LogP contribution >= 0.6 is 11.8 Å². The molecule has 2 fully saturated rings. The third-order valence-electron chi connectivity index (χ3n) is 8.52. The first-order valence-corrected chi connectivity index (χ1v) is 16.8. The molecule has 0 spiro atoms. The molecule has 12 heteroatoms. The number of amides is 2. The van der Waals surface area contributed by atoms with Crippen molar-refractivity contribution in [3.05, 3.63) is 76.1 Å². The van der Waals surface area contributed by atoms with Crippen LogP contribution in [0, 0.1) is 17.1 Å². The van der Waals surface area contributed by atoms with Crippen LogP contribution in [0.2, 0.25) is 0 Å². The summed E-state index contributed by atoms with van der Waals surface area (Å²) in [7, 11) is 1.87. The molecule has 4 rings (SSSR count). The van der Waals surface area contributed by atoms with Crippen LogP contribution in [0.25, 0.3) is 11.4 Å². The highest BCUT2D eigenvalue weighted by Gasteiger charge is 2.29. The second kappa shape index (κ2) is 16.6. The molecule has 10 nitrogen and oxygen atoms in total. The second-order valence-corrected chi connectivity index (χ2v) is 12.9. The van der Waals surface area contributed by atoms with E-state index in [1.54, 1.807) is 18.3 Å². The number of carbonyl (C=O) groups is 2. The van der Waals surface area contributed by atoms with Crippen molar-refractivity contribution in [2.75, 3.05) is 63.6 Å². The normalized spacial score (nSPS) is 16.3. The Balaban J connectivity index is 1.68. The number of aliphatic hydroxyl groups is 1. The zero-order valence-corrected chi connectivity index (χ0v) is 28.4. The summed E-state index contributed by atoms with van der Waals surface area (Å²) in [5.74, 6) is -0.343. The highest BCUT2D eigenvalue weighted by molar-refractivity contribution is 8.03. The largest absolute Gasteiger partial charge is 0.389 e. The lowest BCUT2D eigenvalue weighted by Gasteiger charge is -2.38. The lowest BCUT2D eigenvalue weighted by atomic mass is 10.00. The van der Waals surface area contributed by atoms with Gasteiger partial charge in [0.05, 0.1) is 23.4 Å². The topological polar surface area (TPSA) is 107 Å². The first kappa shape index (κ1) is 35.7. The van der Waals surface area contributed by atoms with E-state index in [1.165, 1.54) is 33.7 Å². The van der Waals surface area contributed by atoms with E-state index in [1.807, 2.05) is 11.9 Å². The lowest BCUT2D eigenvalue weighted by Crippen LogP contribution is -2.55. The quantitative estimate of drug-likeness (QED) is 0.140. The molecule has 2 aromatic carbocycles. The van der Waals surface area contributed by atoms with E-state index < -0.39 is 11.9 Å². The number of β-amino-alcohol motifs (C(OH)–C–C–N with tert-alkyl or cyclic N) is 1. The third kappa shape index (κ3) is 9.00. The van der Waals surface area contributed by atoms with Crippen molar-refractivity contribution in [2.24, 2.45) is 4.99 Å². The molecule has 2 heterocycles. The number of hydrogen-bond acceptors (Lipinski definition) is 9. The van der Waals surface area contributed by atoms with E-state index >= 15 is 0 Å². The summed E-state index contributed by atoms with van der Waals surface area (Å²) in [6.07, 6.45) is 2.51. The molecule has 2 aromatic rings. The molecule has 0 aliphatic carbocycles. The number of aryl methyl sites for hydroxylation is 1. The van der Waals surface area contributed by atoms with Crippen LogP contribution in [0.3, 0.4) is 0 Å². The number of piperazine rings is 1. The van der Waals surface area contributed by atoms with Crippen molar-refractivity contribution in [1.82, 2.24) is 19.6 Å². The molecule has 2 aliphatic heterocycles. The standard InChI is InChI=1S/C35H44FN7O3S/c1-6-26-9-12-29(42-15-13-41(14-16-42)25(2)3)17-31(26)32(21-40(23-44)22-34(46)43-19-30(45)20-43)39(5)24-47-33(18-37)35(38-4)27-7-10-28(36)11-8-27/h7-12,17,21,23,25,30,45H,4,6,13-16,19-20,22,24H2,1-3,5H3/b32-21+,35-33-. The van der Waals surface area contributed by atoms with Gasteiger partial charge in [-0.1, -0.05) is 24.8 Å². The number of allylic oxidation sites excluding steroid dienone is 1. The van der Waals surface area contributed by atoms with Gasteiger partial charge in [0.25, 0.3) is 0 Å². The lowest BCUT2D eigenvalue weighted by molar-refractivity contribution is -0.143. The number of rotatable bonds is 14. The van der Waals surface area contributed by atoms with Crippen molar-refractivity contribution in [2.45, 2.75) is 39.3 Å². The second-order valence-electron chi connectivity index (χ2n) is 12.0. The first-order chi connectivity index (χ1) is 22.6. The number of aliphatic hydroxyl groups excluding tert-OH is 1.